The highest BCUT2D eigenvalue weighted by Crippen LogP contribution is 2.18. The van der Waals surface area contributed by atoms with Crippen molar-refractivity contribution in [2.75, 3.05) is 19.7 Å². The lowest BCUT2D eigenvalue weighted by atomic mass is 10.2. The number of alkyl halides is 2. The average Bonchev–Trinajstić information content (AvgIpc) is 2.30. The summed E-state index contributed by atoms with van der Waals surface area (Å²) in [6, 6.07) is 1.13. The highest BCUT2D eigenvalue weighted by molar-refractivity contribution is 6.34. The number of halogens is 4. The molecule has 1 aromatic heterocycles. The molecule has 18 heavy (non-hydrogen) atoms. The molecule has 0 saturated carbocycles. The molecule has 0 bridgehead atoms. The van der Waals surface area contributed by atoms with Crippen molar-refractivity contribution in [1.29, 1.82) is 0 Å². The predicted octanol–water partition coefficient (Wildman–Crippen LogP) is 1.48. The third kappa shape index (κ3) is 4.01. The van der Waals surface area contributed by atoms with E-state index in [9.17, 15) is 13.6 Å². The second-order valence-corrected chi connectivity index (χ2v) is 3.98. The van der Waals surface area contributed by atoms with Crippen LogP contribution in [0.5, 0.6) is 0 Å². The number of amides is 1. The highest BCUT2D eigenvalue weighted by Gasteiger charge is 2.22. The van der Waals surface area contributed by atoms with Crippen LogP contribution in [0.2, 0.25) is 10.3 Å². The van der Waals surface area contributed by atoms with Crippen molar-refractivity contribution >= 4 is 29.1 Å². The van der Waals surface area contributed by atoms with Gasteiger partial charge in [0.2, 0.25) is 0 Å². The molecule has 9 heteroatoms. The molecule has 1 aromatic rings. The molecule has 0 aliphatic heterocycles. The number of aromatic nitrogens is 2. The fourth-order valence-electron chi connectivity index (χ4n) is 1.24. The van der Waals surface area contributed by atoms with Crippen molar-refractivity contribution < 1.29 is 18.7 Å². The predicted molar refractivity (Wildman–Crippen MR) is 61.0 cm³/mol. The van der Waals surface area contributed by atoms with Gasteiger partial charge in [-0.15, -0.1) is 10.2 Å². The highest BCUT2D eigenvalue weighted by atomic mass is 35.5. The number of hydrogen-bond donors (Lipinski definition) is 1. The zero-order valence-corrected chi connectivity index (χ0v) is 10.5. The number of hydrogen-bond acceptors (Lipinski definition) is 4. The van der Waals surface area contributed by atoms with Gasteiger partial charge in [-0.2, -0.15) is 0 Å². The van der Waals surface area contributed by atoms with E-state index in [1.807, 2.05) is 0 Å². The first-order valence-electron chi connectivity index (χ1n) is 4.82. The Morgan fingerprint density at radius 2 is 2.11 bits per heavy atom. The van der Waals surface area contributed by atoms with E-state index in [4.69, 9.17) is 28.3 Å². The van der Waals surface area contributed by atoms with Crippen LogP contribution in [-0.4, -0.2) is 52.2 Å². The molecule has 0 fully saturated rings. The third-order valence-corrected chi connectivity index (χ3v) is 2.43. The maximum atomic E-state index is 12.3. The summed E-state index contributed by atoms with van der Waals surface area (Å²) in [5, 5.41) is 15.2. The number of aliphatic hydroxyl groups excluding tert-OH is 1. The first kappa shape index (κ1) is 15.0. The maximum absolute atomic E-state index is 12.3. The van der Waals surface area contributed by atoms with Crippen LogP contribution >= 0.6 is 23.2 Å². The SMILES string of the molecule is O=C(c1cc(Cl)nnc1Cl)N(CCO)CC(F)F. The molecule has 0 aliphatic carbocycles. The molecule has 1 rings (SSSR count). The minimum atomic E-state index is -2.72. The Bertz CT molecular complexity index is 434. The maximum Gasteiger partial charge on any atom is 0.257 e. The molecule has 5 nitrogen and oxygen atoms in total. The van der Waals surface area contributed by atoms with Gasteiger partial charge in [-0.1, -0.05) is 23.2 Å². The normalized spacial score (nSPS) is 10.8. The van der Waals surface area contributed by atoms with Gasteiger partial charge in [0.05, 0.1) is 18.7 Å². The molecule has 1 heterocycles. The Kier molecular flexibility index (Phi) is 5.64. The average molecular weight is 300 g/mol. The van der Waals surface area contributed by atoms with Gasteiger partial charge in [-0.25, -0.2) is 8.78 Å². The summed E-state index contributed by atoms with van der Waals surface area (Å²) in [6.07, 6.45) is -2.72. The quantitative estimate of drug-likeness (QED) is 0.894. The summed E-state index contributed by atoms with van der Waals surface area (Å²) in [4.78, 5) is 12.7. The number of aliphatic hydroxyl groups is 1. The summed E-state index contributed by atoms with van der Waals surface area (Å²) in [6.45, 7) is -1.49. The van der Waals surface area contributed by atoms with Crippen LogP contribution in [0.4, 0.5) is 8.78 Å². The molecule has 1 N–H and O–H groups in total. The van der Waals surface area contributed by atoms with Crippen LogP contribution in [0.25, 0.3) is 0 Å². The Hall–Kier alpha value is -1.05. The van der Waals surface area contributed by atoms with Crippen LogP contribution < -0.4 is 0 Å². The molecule has 0 atom stereocenters. The fraction of sp³-hybridized carbons (Fsp3) is 0.444. The zero-order chi connectivity index (χ0) is 13.7. The van der Waals surface area contributed by atoms with Gasteiger partial charge in [-0.3, -0.25) is 4.79 Å². The minimum absolute atomic E-state index is 0.0799. The Balaban J connectivity index is 2.97. The first-order chi connectivity index (χ1) is 8.45. The largest absolute Gasteiger partial charge is 0.395 e. The summed E-state index contributed by atoms with van der Waals surface area (Å²) >= 11 is 11.2. The second-order valence-electron chi connectivity index (χ2n) is 3.24. The van der Waals surface area contributed by atoms with Crippen molar-refractivity contribution in [3.8, 4) is 0 Å². The van der Waals surface area contributed by atoms with Gasteiger partial charge in [0.1, 0.15) is 0 Å². The van der Waals surface area contributed by atoms with Gasteiger partial charge in [0, 0.05) is 6.54 Å². The summed E-state index contributed by atoms with van der Waals surface area (Å²) in [5.74, 6) is -0.786. The summed E-state index contributed by atoms with van der Waals surface area (Å²) < 4.78 is 24.6. The second kappa shape index (κ2) is 6.77. The van der Waals surface area contributed by atoms with Crippen LogP contribution in [0, 0.1) is 0 Å². The van der Waals surface area contributed by atoms with Crippen LogP contribution in [0.15, 0.2) is 6.07 Å². The number of carbonyl (C=O) groups excluding carboxylic acids is 1. The minimum Gasteiger partial charge on any atom is -0.395 e. The van der Waals surface area contributed by atoms with Crippen LogP contribution in [-0.2, 0) is 0 Å². The Labute approximate surface area is 111 Å². The Morgan fingerprint density at radius 1 is 1.44 bits per heavy atom. The van der Waals surface area contributed by atoms with E-state index in [1.54, 1.807) is 0 Å². The lowest BCUT2D eigenvalue weighted by Gasteiger charge is -2.21. The molecular weight excluding hydrogens is 291 g/mol. The molecule has 100 valence electrons. The van der Waals surface area contributed by atoms with Gasteiger partial charge in [0.25, 0.3) is 12.3 Å². The Morgan fingerprint density at radius 3 is 2.67 bits per heavy atom. The summed E-state index contributed by atoms with van der Waals surface area (Å²) in [5.41, 5.74) is -0.134. The molecule has 0 unspecified atom stereocenters. The topological polar surface area (TPSA) is 66.3 Å². The first-order valence-corrected chi connectivity index (χ1v) is 5.58. The number of carbonyl (C=O) groups is 1. The van der Waals surface area contributed by atoms with Crippen molar-refractivity contribution in [3.05, 3.63) is 21.9 Å². The fourth-order valence-corrected chi connectivity index (χ4v) is 1.56. The van der Waals surface area contributed by atoms with Crippen LogP contribution in [0.3, 0.4) is 0 Å². The molecule has 0 saturated heterocycles. The standard InChI is InChI=1S/C9H9Cl2F2N3O2/c10-6-3-5(8(11)15-14-6)9(18)16(1-2-17)4-7(12)13/h3,7,17H,1-2,4H2. The number of rotatable bonds is 5. The van der Waals surface area contributed by atoms with Gasteiger partial charge in [-0.05, 0) is 6.07 Å². The lowest BCUT2D eigenvalue weighted by Crippen LogP contribution is -2.37. The number of nitrogens with zero attached hydrogens (tertiary/aromatic N) is 3. The zero-order valence-electron chi connectivity index (χ0n) is 8.98. The van der Waals surface area contributed by atoms with E-state index in [2.05, 4.69) is 10.2 Å². The van der Waals surface area contributed by atoms with Crippen molar-refractivity contribution in [3.63, 3.8) is 0 Å². The summed E-state index contributed by atoms with van der Waals surface area (Å²) in [7, 11) is 0. The molecule has 0 radical (unpaired) electrons. The van der Waals surface area contributed by atoms with E-state index in [0.717, 1.165) is 11.0 Å². The molecular formula is C9H9Cl2F2N3O2. The molecule has 0 spiro atoms. The van der Waals surface area contributed by atoms with Gasteiger partial charge < -0.3 is 10.0 Å². The van der Waals surface area contributed by atoms with E-state index in [-0.39, 0.29) is 22.4 Å². The van der Waals surface area contributed by atoms with Crippen molar-refractivity contribution in [2.45, 2.75) is 6.43 Å². The van der Waals surface area contributed by atoms with E-state index < -0.39 is 25.5 Å². The smallest absolute Gasteiger partial charge is 0.257 e. The van der Waals surface area contributed by atoms with Gasteiger partial charge >= 0.3 is 0 Å². The third-order valence-electron chi connectivity index (χ3n) is 1.96. The molecule has 1 amide bonds. The van der Waals surface area contributed by atoms with Crippen LogP contribution in [0.1, 0.15) is 10.4 Å². The lowest BCUT2D eigenvalue weighted by molar-refractivity contribution is 0.0509. The van der Waals surface area contributed by atoms with Gasteiger partial charge in [0.15, 0.2) is 10.3 Å². The monoisotopic (exact) mass is 299 g/mol. The van der Waals surface area contributed by atoms with Crippen molar-refractivity contribution in [1.82, 2.24) is 15.1 Å². The molecule has 0 aromatic carbocycles. The molecule has 0 aliphatic rings. The van der Waals surface area contributed by atoms with Crippen molar-refractivity contribution in [2.24, 2.45) is 0 Å². The van der Waals surface area contributed by atoms with E-state index in [0.29, 0.717) is 0 Å². The van der Waals surface area contributed by atoms with E-state index in [1.165, 1.54) is 0 Å². The van der Waals surface area contributed by atoms with E-state index >= 15 is 0 Å².